The van der Waals surface area contributed by atoms with Gasteiger partial charge in [-0.3, -0.25) is 4.79 Å². The molecule has 0 radical (unpaired) electrons. The van der Waals surface area contributed by atoms with Crippen LogP contribution >= 0.6 is 11.3 Å². The number of thiazole rings is 1. The minimum Gasteiger partial charge on any atom is -0.507 e. The van der Waals surface area contributed by atoms with Crippen LogP contribution in [0.5, 0.6) is 5.75 Å². The number of phenols is 1. The van der Waals surface area contributed by atoms with E-state index in [1.807, 2.05) is 24.1 Å². The van der Waals surface area contributed by atoms with Crippen LogP contribution in [-0.2, 0) is 0 Å². The summed E-state index contributed by atoms with van der Waals surface area (Å²) in [7, 11) is 0. The third-order valence-electron chi connectivity index (χ3n) is 4.15. The fourth-order valence-electron chi connectivity index (χ4n) is 2.88. The number of aryl methyl sites for hydroxylation is 2. The number of benzene rings is 1. The largest absolute Gasteiger partial charge is 0.507 e. The molecule has 22 heavy (non-hydrogen) atoms. The van der Waals surface area contributed by atoms with Crippen LogP contribution in [0, 0.1) is 13.8 Å². The number of aromatic hydroxyl groups is 1. The lowest BCUT2D eigenvalue weighted by molar-refractivity contribution is 0.0710. The number of aromatic nitrogens is 1. The molecule has 3 rings (SSSR count). The van der Waals surface area contributed by atoms with Crippen LogP contribution in [0.4, 0.5) is 0 Å². The van der Waals surface area contributed by atoms with Gasteiger partial charge in [0.2, 0.25) is 0 Å². The third kappa shape index (κ3) is 2.99. The van der Waals surface area contributed by atoms with Crippen molar-refractivity contribution in [1.82, 2.24) is 9.88 Å². The molecule has 1 aliphatic heterocycles. The van der Waals surface area contributed by atoms with E-state index < -0.39 is 0 Å². The van der Waals surface area contributed by atoms with E-state index in [0.717, 1.165) is 31.5 Å². The van der Waals surface area contributed by atoms with Gasteiger partial charge in [-0.05, 0) is 44.4 Å². The first-order valence-corrected chi connectivity index (χ1v) is 8.37. The van der Waals surface area contributed by atoms with Crippen LogP contribution < -0.4 is 0 Å². The number of nitrogens with zero attached hydrogens (tertiary/aromatic N) is 2. The highest BCUT2D eigenvalue weighted by Crippen LogP contribution is 2.32. The van der Waals surface area contributed by atoms with Gasteiger partial charge < -0.3 is 10.0 Å². The molecule has 5 heteroatoms. The highest BCUT2D eigenvalue weighted by molar-refractivity contribution is 7.11. The summed E-state index contributed by atoms with van der Waals surface area (Å²) in [5.74, 6) is 0.448. The highest BCUT2D eigenvalue weighted by Gasteiger charge is 2.27. The molecule has 0 unspecified atom stereocenters. The Morgan fingerprint density at radius 3 is 2.64 bits per heavy atom. The highest BCUT2D eigenvalue weighted by atomic mass is 32.1. The molecule has 0 aliphatic carbocycles. The van der Waals surface area contributed by atoms with Gasteiger partial charge in [-0.2, -0.15) is 0 Å². The molecule has 1 aromatic heterocycles. The van der Waals surface area contributed by atoms with Gasteiger partial charge >= 0.3 is 0 Å². The normalized spacial score (nSPS) is 16.0. The van der Waals surface area contributed by atoms with E-state index in [4.69, 9.17) is 0 Å². The van der Waals surface area contributed by atoms with Crippen LogP contribution in [-0.4, -0.2) is 34.0 Å². The molecular weight excluding hydrogens is 296 g/mol. The van der Waals surface area contributed by atoms with Gasteiger partial charge in [0, 0.05) is 30.1 Å². The lowest BCUT2D eigenvalue weighted by Gasteiger charge is -2.31. The minimum atomic E-state index is -0.0775. The van der Waals surface area contributed by atoms with Crippen molar-refractivity contribution in [2.24, 2.45) is 0 Å². The fraction of sp³-hybridized carbons (Fsp3) is 0.412. The van der Waals surface area contributed by atoms with E-state index in [0.29, 0.717) is 11.5 Å². The first-order valence-electron chi connectivity index (χ1n) is 7.56. The molecule has 1 amide bonds. The van der Waals surface area contributed by atoms with Gasteiger partial charge in [-0.15, -0.1) is 11.3 Å². The van der Waals surface area contributed by atoms with Crippen molar-refractivity contribution >= 4 is 17.2 Å². The molecule has 1 saturated heterocycles. The van der Waals surface area contributed by atoms with E-state index in [1.54, 1.807) is 23.5 Å². The molecule has 1 N–H and O–H groups in total. The van der Waals surface area contributed by atoms with Gasteiger partial charge in [-0.1, -0.05) is 6.07 Å². The van der Waals surface area contributed by atoms with Gasteiger partial charge in [0.1, 0.15) is 5.75 Å². The maximum atomic E-state index is 12.5. The molecule has 1 aromatic carbocycles. The lowest BCUT2D eigenvalue weighted by atomic mass is 9.97. The van der Waals surface area contributed by atoms with Crippen LogP contribution in [0.25, 0.3) is 0 Å². The summed E-state index contributed by atoms with van der Waals surface area (Å²) in [5.41, 5.74) is 1.35. The number of carbonyl (C=O) groups is 1. The third-order valence-corrected chi connectivity index (χ3v) is 5.23. The molecular formula is C17H20N2O2S. The van der Waals surface area contributed by atoms with Crippen molar-refractivity contribution in [1.29, 1.82) is 0 Å². The Balaban J connectivity index is 1.67. The van der Waals surface area contributed by atoms with Crippen LogP contribution in [0.3, 0.4) is 0 Å². The maximum Gasteiger partial charge on any atom is 0.257 e. The number of likely N-dealkylation sites (tertiary alicyclic amines) is 1. The zero-order chi connectivity index (χ0) is 15.7. The van der Waals surface area contributed by atoms with Crippen LogP contribution in [0.15, 0.2) is 24.4 Å². The zero-order valence-corrected chi connectivity index (χ0v) is 13.7. The van der Waals surface area contributed by atoms with E-state index >= 15 is 0 Å². The van der Waals surface area contributed by atoms with Crippen LogP contribution in [0.2, 0.25) is 0 Å². The second-order valence-corrected chi connectivity index (χ2v) is 7.16. The first-order chi connectivity index (χ1) is 10.5. The molecule has 2 aromatic rings. The number of piperidine rings is 1. The molecule has 116 valence electrons. The van der Waals surface area contributed by atoms with E-state index in [1.165, 1.54) is 9.88 Å². The van der Waals surface area contributed by atoms with Gasteiger partial charge in [0.05, 0.1) is 10.6 Å². The Kier molecular flexibility index (Phi) is 4.16. The van der Waals surface area contributed by atoms with E-state index in [-0.39, 0.29) is 11.7 Å². The predicted octanol–water partition coefficient (Wildman–Crippen LogP) is 3.49. The van der Waals surface area contributed by atoms with Crippen molar-refractivity contribution in [2.75, 3.05) is 13.1 Å². The molecule has 2 heterocycles. The summed E-state index contributed by atoms with van der Waals surface area (Å²) in [6.45, 7) is 5.40. The molecule has 0 atom stereocenters. The zero-order valence-electron chi connectivity index (χ0n) is 12.9. The Morgan fingerprint density at radius 2 is 2.05 bits per heavy atom. The topological polar surface area (TPSA) is 53.4 Å². The standard InChI is InChI=1S/C17H20N2O2S/c1-11-3-4-14(15(20)9-11)17(21)19-7-5-13(6-8-19)16-18-10-12(2)22-16/h3-4,9-10,13,20H,5-8H2,1-2H3. The quantitative estimate of drug-likeness (QED) is 0.923. The van der Waals surface area contributed by atoms with Gasteiger partial charge in [0.25, 0.3) is 5.91 Å². The van der Waals surface area contributed by atoms with Crippen molar-refractivity contribution in [3.63, 3.8) is 0 Å². The smallest absolute Gasteiger partial charge is 0.257 e. The van der Waals surface area contributed by atoms with Crippen molar-refractivity contribution < 1.29 is 9.90 Å². The maximum absolute atomic E-state index is 12.5. The molecule has 0 spiro atoms. The summed E-state index contributed by atoms with van der Waals surface area (Å²) in [4.78, 5) is 20.1. The van der Waals surface area contributed by atoms with E-state index in [9.17, 15) is 9.90 Å². The first kappa shape index (κ1) is 15.0. The molecule has 0 bridgehead atoms. The summed E-state index contributed by atoms with van der Waals surface area (Å²) >= 11 is 1.75. The average molecular weight is 316 g/mol. The Morgan fingerprint density at radius 1 is 1.32 bits per heavy atom. The summed E-state index contributed by atoms with van der Waals surface area (Å²) in [6.07, 6.45) is 3.79. The number of phenolic OH excluding ortho intramolecular Hbond substituents is 1. The second-order valence-electron chi connectivity index (χ2n) is 5.90. The number of rotatable bonds is 2. The number of carbonyl (C=O) groups excluding carboxylic acids is 1. The van der Waals surface area contributed by atoms with Gasteiger partial charge in [0.15, 0.2) is 0 Å². The molecule has 1 fully saturated rings. The van der Waals surface area contributed by atoms with Crippen molar-refractivity contribution in [3.05, 3.63) is 45.4 Å². The fourth-order valence-corrected chi connectivity index (χ4v) is 3.83. The SMILES string of the molecule is Cc1ccc(C(=O)N2CCC(c3ncc(C)s3)CC2)c(O)c1. The lowest BCUT2D eigenvalue weighted by Crippen LogP contribution is -2.37. The summed E-state index contributed by atoms with van der Waals surface area (Å²) < 4.78 is 0. The monoisotopic (exact) mass is 316 g/mol. The number of amides is 1. The molecule has 0 saturated carbocycles. The van der Waals surface area contributed by atoms with Gasteiger partial charge in [-0.25, -0.2) is 4.98 Å². The number of hydrogen-bond donors (Lipinski definition) is 1. The molecule has 4 nitrogen and oxygen atoms in total. The summed E-state index contributed by atoms with van der Waals surface area (Å²) in [5, 5.41) is 11.2. The Hall–Kier alpha value is -1.88. The minimum absolute atomic E-state index is 0.0719. The second kappa shape index (κ2) is 6.08. The Bertz CT molecular complexity index is 688. The van der Waals surface area contributed by atoms with Crippen molar-refractivity contribution in [2.45, 2.75) is 32.6 Å². The Labute approximate surface area is 134 Å². The van der Waals surface area contributed by atoms with Crippen molar-refractivity contribution in [3.8, 4) is 5.75 Å². The average Bonchev–Trinajstić information content (AvgIpc) is 2.93. The van der Waals surface area contributed by atoms with Crippen LogP contribution in [0.1, 0.15) is 44.6 Å². The van der Waals surface area contributed by atoms with E-state index in [2.05, 4.69) is 11.9 Å². The summed E-state index contributed by atoms with van der Waals surface area (Å²) in [6, 6.07) is 5.21. The predicted molar refractivity (Wildman–Crippen MR) is 87.6 cm³/mol. The number of hydrogen-bond acceptors (Lipinski definition) is 4. The molecule has 1 aliphatic rings.